The maximum Gasteiger partial charge on any atom is 0.0924 e. The third-order valence-electron chi connectivity index (χ3n) is 3.29. The van der Waals surface area contributed by atoms with E-state index in [0.717, 1.165) is 22.4 Å². The second kappa shape index (κ2) is 3.52. The van der Waals surface area contributed by atoms with Crippen molar-refractivity contribution in [3.8, 4) is 0 Å². The van der Waals surface area contributed by atoms with Gasteiger partial charge in [-0.15, -0.1) is 0 Å². The first-order valence-electron chi connectivity index (χ1n) is 5.80. The molecule has 84 valence electrons. The van der Waals surface area contributed by atoms with Crippen LogP contribution in [0.4, 0.5) is 0 Å². The van der Waals surface area contributed by atoms with E-state index in [4.69, 9.17) is 0 Å². The molecule has 0 spiro atoms. The Balaban J connectivity index is 2.60. The number of para-hydroxylation sites is 1. The van der Waals surface area contributed by atoms with Gasteiger partial charge in [-0.1, -0.05) is 18.2 Å². The molecule has 0 radical (unpaired) electrons. The van der Waals surface area contributed by atoms with Crippen LogP contribution in [-0.4, -0.2) is 9.97 Å². The largest absolute Gasteiger partial charge is 0.251 e. The average Bonchev–Trinajstić information content (AvgIpc) is 2.32. The van der Waals surface area contributed by atoms with Gasteiger partial charge in [-0.3, -0.25) is 9.97 Å². The highest BCUT2D eigenvalue weighted by Gasteiger charge is 2.07. The van der Waals surface area contributed by atoms with E-state index < -0.39 is 0 Å². The maximum absolute atomic E-state index is 4.66. The topological polar surface area (TPSA) is 25.8 Å². The Morgan fingerprint density at radius 1 is 0.824 bits per heavy atom. The van der Waals surface area contributed by atoms with Crippen LogP contribution in [0.3, 0.4) is 0 Å². The molecule has 0 atom stereocenters. The number of fused-ring (bicyclic) bond motifs is 3. The Labute approximate surface area is 100 Å². The molecule has 0 aliphatic rings. The van der Waals surface area contributed by atoms with Gasteiger partial charge in [-0.2, -0.15) is 0 Å². The zero-order valence-corrected chi connectivity index (χ0v) is 10.3. The summed E-state index contributed by atoms with van der Waals surface area (Å²) in [6.07, 6.45) is 0. The number of benzene rings is 1. The van der Waals surface area contributed by atoms with E-state index in [0.29, 0.717) is 0 Å². The molecule has 0 unspecified atom stereocenters. The summed E-state index contributed by atoms with van der Waals surface area (Å²) in [7, 11) is 0. The number of hydrogen-bond donors (Lipinski definition) is 0. The van der Waals surface area contributed by atoms with Crippen LogP contribution in [0, 0.1) is 20.8 Å². The van der Waals surface area contributed by atoms with Gasteiger partial charge >= 0.3 is 0 Å². The minimum Gasteiger partial charge on any atom is -0.251 e. The van der Waals surface area contributed by atoms with Crippen LogP contribution in [0.15, 0.2) is 30.3 Å². The lowest BCUT2D eigenvalue weighted by atomic mass is 10.1. The highest BCUT2D eigenvalue weighted by molar-refractivity contribution is 6.05. The van der Waals surface area contributed by atoms with Crippen molar-refractivity contribution >= 4 is 21.8 Å². The molecule has 0 fully saturated rings. The standard InChI is InChI=1S/C15H14N2/c1-9-8-13-12-6-4-5-7-14(12)16-11(3)15(13)17-10(9)2/h4-8H,1-3H3. The van der Waals surface area contributed by atoms with Gasteiger partial charge in [0.1, 0.15) is 0 Å². The fourth-order valence-corrected chi connectivity index (χ4v) is 2.22. The number of nitrogens with zero attached hydrogens (tertiary/aromatic N) is 2. The highest BCUT2D eigenvalue weighted by atomic mass is 14.8. The van der Waals surface area contributed by atoms with E-state index in [1.165, 1.54) is 16.3 Å². The van der Waals surface area contributed by atoms with Crippen LogP contribution >= 0.6 is 0 Å². The summed E-state index contributed by atoms with van der Waals surface area (Å²) in [5.41, 5.74) is 5.38. The van der Waals surface area contributed by atoms with Gasteiger partial charge in [0.15, 0.2) is 0 Å². The maximum atomic E-state index is 4.66. The van der Waals surface area contributed by atoms with Gasteiger partial charge in [0.05, 0.1) is 16.7 Å². The minimum atomic E-state index is 1.00. The summed E-state index contributed by atoms with van der Waals surface area (Å²) in [6, 6.07) is 10.5. The van der Waals surface area contributed by atoms with Gasteiger partial charge < -0.3 is 0 Å². The lowest BCUT2D eigenvalue weighted by Gasteiger charge is -2.08. The van der Waals surface area contributed by atoms with Crippen LogP contribution in [0.2, 0.25) is 0 Å². The third kappa shape index (κ3) is 1.48. The van der Waals surface area contributed by atoms with Crippen LogP contribution < -0.4 is 0 Å². The van der Waals surface area contributed by atoms with E-state index in [9.17, 15) is 0 Å². The first kappa shape index (κ1) is 10.2. The second-order valence-electron chi connectivity index (χ2n) is 4.50. The summed E-state index contributed by atoms with van der Waals surface area (Å²) in [5.74, 6) is 0. The Morgan fingerprint density at radius 2 is 1.59 bits per heavy atom. The van der Waals surface area contributed by atoms with E-state index in [1.807, 2.05) is 26.0 Å². The van der Waals surface area contributed by atoms with E-state index in [-0.39, 0.29) is 0 Å². The van der Waals surface area contributed by atoms with E-state index in [2.05, 4.69) is 35.1 Å². The Hall–Kier alpha value is -1.96. The van der Waals surface area contributed by atoms with E-state index in [1.54, 1.807) is 0 Å². The fraction of sp³-hybridized carbons (Fsp3) is 0.200. The monoisotopic (exact) mass is 222 g/mol. The van der Waals surface area contributed by atoms with Crippen molar-refractivity contribution in [1.29, 1.82) is 0 Å². The van der Waals surface area contributed by atoms with Crippen molar-refractivity contribution in [3.63, 3.8) is 0 Å². The zero-order chi connectivity index (χ0) is 12.0. The summed E-state index contributed by atoms with van der Waals surface area (Å²) in [5, 5.41) is 2.39. The molecule has 3 aromatic rings. The quantitative estimate of drug-likeness (QED) is 0.542. The summed E-state index contributed by atoms with van der Waals surface area (Å²) in [4.78, 5) is 9.27. The van der Waals surface area contributed by atoms with Gasteiger partial charge in [0, 0.05) is 16.5 Å². The Bertz CT molecular complexity index is 730. The van der Waals surface area contributed by atoms with Gasteiger partial charge in [0.25, 0.3) is 0 Å². The zero-order valence-electron chi connectivity index (χ0n) is 10.3. The molecule has 2 aromatic heterocycles. The molecule has 0 saturated carbocycles. The van der Waals surface area contributed by atoms with Crippen LogP contribution in [0.1, 0.15) is 17.0 Å². The molecule has 2 nitrogen and oxygen atoms in total. The molecule has 2 heteroatoms. The lowest BCUT2D eigenvalue weighted by Crippen LogP contribution is -1.94. The number of aromatic nitrogens is 2. The number of pyridine rings is 2. The molecule has 3 rings (SSSR count). The molecular weight excluding hydrogens is 208 g/mol. The van der Waals surface area contributed by atoms with Crippen molar-refractivity contribution in [1.82, 2.24) is 9.97 Å². The van der Waals surface area contributed by atoms with Gasteiger partial charge in [-0.05, 0) is 38.5 Å². The summed E-state index contributed by atoms with van der Waals surface area (Å²) in [6.45, 7) is 6.17. The molecular formula is C15H14N2. The van der Waals surface area contributed by atoms with E-state index >= 15 is 0 Å². The molecule has 0 aliphatic heterocycles. The smallest absolute Gasteiger partial charge is 0.0924 e. The van der Waals surface area contributed by atoms with Crippen LogP contribution in [0.25, 0.3) is 21.8 Å². The van der Waals surface area contributed by atoms with Gasteiger partial charge in [-0.25, -0.2) is 0 Å². The molecule has 0 amide bonds. The molecule has 0 saturated heterocycles. The van der Waals surface area contributed by atoms with Crippen molar-refractivity contribution in [3.05, 3.63) is 47.3 Å². The summed E-state index contributed by atoms with van der Waals surface area (Å²) < 4.78 is 0. The Morgan fingerprint density at radius 3 is 2.41 bits per heavy atom. The molecule has 0 aliphatic carbocycles. The third-order valence-corrected chi connectivity index (χ3v) is 3.29. The molecule has 1 aromatic carbocycles. The molecule has 17 heavy (non-hydrogen) atoms. The first-order chi connectivity index (χ1) is 8.16. The van der Waals surface area contributed by atoms with Crippen LogP contribution in [0.5, 0.6) is 0 Å². The number of aryl methyl sites for hydroxylation is 3. The predicted molar refractivity (Wildman–Crippen MR) is 71.3 cm³/mol. The first-order valence-corrected chi connectivity index (χ1v) is 5.80. The normalized spacial score (nSPS) is 11.2. The Kier molecular flexibility index (Phi) is 2.11. The molecule has 2 heterocycles. The van der Waals surface area contributed by atoms with Crippen molar-refractivity contribution in [2.75, 3.05) is 0 Å². The predicted octanol–water partition coefficient (Wildman–Crippen LogP) is 3.71. The van der Waals surface area contributed by atoms with Crippen molar-refractivity contribution in [2.24, 2.45) is 0 Å². The van der Waals surface area contributed by atoms with Gasteiger partial charge in [0.2, 0.25) is 0 Å². The van der Waals surface area contributed by atoms with Crippen LogP contribution in [-0.2, 0) is 0 Å². The number of rotatable bonds is 0. The number of hydrogen-bond acceptors (Lipinski definition) is 2. The highest BCUT2D eigenvalue weighted by Crippen LogP contribution is 2.26. The van der Waals surface area contributed by atoms with Crippen molar-refractivity contribution < 1.29 is 0 Å². The SMILES string of the molecule is Cc1cc2c(nc1C)c(C)nc1ccccc12. The average molecular weight is 222 g/mol. The minimum absolute atomic E-state index is 1.00. The second-order valence-corrected chi connectivity index (χ2v) is 4.50. The summed E-state index contributed by atoms with van der Waals surface area (Å²) >= 11 is 0. The lowest BCUT2D eigenvalue weighted by molar-refractivity contribution is 1.16. The molecule has 0 N–H and O–H groups in total. The molecule has 0 bridgehead atoms. The fourth-order valence-electron chi connectivity index (χ4n) is 2.22. The van der Waals surface area contributed by atoms with Crippen molar-refractivity contribution in [2.45, 2.75) is 20.8 Å².